The van der Waals surface area contributed by atoms with Crippen molar-refractivity contribution in [3.8, 4) is 11.3 Å². The second-order valence-corrected chi connectivity index (χ2v) is 4.86. The van der Waals surface area contributed by atoms with Crippen LogP contribution in [0.1, 0.15) is 18.2 Å². The first-order valence-corrected chi connectivity index (χ1v) is 6.68. The van der Waals surface area contributed by atoms with Crippen molar-refractivity contribution in [1.82, 2.24) is 14.6 Å². The van der Waals surface area contributed by atoms with Gasteiger partial charge in [0, 0.05) is 17.2 Å². The maximum atomic E-state index is 6.41. The molecular formula is C15H14ClN3. The van der Waals surface area contributed by atoms with E-state index in [2.05, 4.69) is 12.0 Å². The van der Waals surface area contributed by atoms with Crippen LogP contribution in [-0.2, 0) is 6.42 Å². The van der Waals surface area contributed by atoms with Crippen molar-refractivity contribution in [2.24, 2.45) is 0 Å². The van der Waals surface area contributed by atoms with Crippen LogP contribution in [0.4, 0.5) is 0 Å². The van der Waals surface area contributed by atoms with E-state index in [4.69, 9.17) is 16.6 Å². The van der Waals surface area contributed by atoms with Crippen LogP contribution in [0, 0.1) is 6.92 Å². The number of aromatic nitrogens is 3. The van der Waals surface area contributed by atoms with Crippen molar-refractivity contribution in [2.45, 2.75) is 20.3 Å². The molecule has 0 spiro atoms. The van der Waals surface area contributed by atoms with Crippen LogP contribution >= 0.6 is 11.6 Å². The third-order valence-electron chi connectivity index (χ3n) is 3.23. The summed E-state index contributed by atoms with van der Waals surface area (Å²) in [5, 5.41) is 5.08. The van der Waals surface area contributed by atoms with Crippen molar-refractivity contribution < 1.29 is 0 Å². The Balaban J connectivity index is 2.29. The lowest BCUT2D eigenvalue weighted by molar-refractivity contribution is 0.882. The zero-order valence-electron chi connectivity index (χ0n) is 10.9. The molecule has 0 aliphatic carbocycles. The molecule has 0 N–H and O–H groups in total. The SMILES string of the molecule is CCc1cc2nc(-c3ccccc3)c(C)c(Cl)n2n1. The van der Waals surface area contributed by atoms with E-state index in [1.165, 1.54) is 0 Å². The van der Waals surface area contributed by atoms with Crippen LogP contribution in [0.15, 0.2) is 36.4 Å². The molecule has 3 nitrogen and oxygen atoms in total. The Morgan fingerprint density at radius 3 is 2.63 bits per heavy atom. The van der Waals surface area contributed by atoms with Crippen LogP contribution in [0.3, 0.4) is 0 Å². The molecule has 0 radical (unpaired) electrons. The molecule has 96 valence electrons. The summed E-state index contributed by atoms with van der Waals surface area (Å²) < 4.78 is 1.71. The van der Waals surface area contributed by atoms with Crippen LogP contribution in [0.5, 0.6) is 0 Å². The second-order valence-electron chi connectivity index (χ2n) is 4.50. The number of hydrogen-bond donors (Lipinski definition) is 0. The number of halogens is 1. The highest BCUT2D eigenvalue weighted by Crippen LogP contribution is 2.27. The van der Waals surface area contributed by atoms with Gasteiger partial charge in [-0.1, -0.05) is 48.9 Å². The number of nitrogens with zero attached hydrogens (tertiary/aromatic N) is 3. The molecule has 0 aliphatic rings. The van der Waals surface area contributed by atoms with Gasteiger partial charge in [-0.25, -0.2) is 9.50 Å². The van der Waals surface area contributed by atoms with Gasteiger partial charge in [-0.2, -0.15) is 5.10 Å². The van der Waals surface area contributed by atoms with E-state index < -0.39 is 0 Å². The van der Waals surface area contributed by atoms with Gasteiger partial charge in [0.1, 0.15) is 5.15 Å². The molecule has 3 rings (SSSR count). The molecule has 2 aromatic heterocycles. The first-order valence-electron chi connectivity index (χ1n) is 6.31. The lowest BCUT2D eigenvalue weighted by Crippen LogP contribution is -1.99. The zero-order valence-corrected chi connectivity index (χ0v) is 11.6. The molecule has 0 aliphatic heterocycles. The van der Waals surface area contributed by atoms with E-state index in [-0.39, 0.29) is 0 Å². The average molecular weight is 272 g/mol. The molecule has 1 aromatic carbocycles. The molecule has 0 saturated heterocycles. The Morgan fingerprint density at radius 2 is 1.95 bits per heavy atom. The molecular weight excluding hydrogens is 258 g/mol. The zero-order chi connectivity index (χ0) is 13.4. The summed E-state index contributed by atoms with van der Waals surface area (Å²) in [4.78, 5) is 4.69. The van der Waals surface area contributed by atoms with E-state index in [1.54, 1.807) is 4.52 Å². The molecule has 0 unspecified atom stereocenters. The van der Waals surface area contributed by atoms with Gasteiger partial charge in [-0.15, -0.1) is 0 Å². The maximum absolute atomic E-state index is 6.41. The number of aryl methyl sites for hydroxylation is 1. The fourth-order valence-electron chi connectivity index (χ4n) is 2.15. The topological polar surface area (TPSA) is 30.2 Å². The minimum Gasteiger partial charge on any atom is -0.228 e. The fourth-order valence-corrected chi connectivity index (χ4v) is 2.36. The predicted molar refractivity (Wildman–Crippen MR) is 77.5 cm³/mol. The molecule has 0 atom stereocenters. The Hall–Kier alpha value is -1.87. The summed E-state index contributed by atoms with van der Waals surface area (Å²) in [7, 11) is 0. The third-order valence-corrected chi connectivity index (χ3v) is 3.67. The predicted octanol–water partition coefficient (Wildman–Crippen LogP) is 3.92. The Bertz CT molecular complexity index is 732. The maximum Gasteiger partial charge on any atom is 0.157 e. The number of rotatable bonds is 2. The van der Waals surface area contributed by atoms with E-state index in [0.29, 0.717) is 5.15 Å². The van der Waals surface area contributed by atoms with Gasteiger partial charge in [0.2, 0.25) is 0 Å². The minimum absolute atomic E-state index is 0.628. The standard InChI is InChI=1S/C15H14ClN3/c1-3-12-9-13-17-14(11-7-5-4-6-8-11)10(2)15(16)19(13)18-12/h4-9H,3H2,1-2H3. The van der Waals surface area contributed by atoms with Crippen molar-refractivity contribution in [2.75, 3.05) is 0 Å². The van der Waals surface area contributed by atoms with Gasteiger partial charge in [0.15, 0.2) is 5.65 Å². The summed E-state index contributed by atoms with van der Waals surface area (Å²) in [6.45, 7) is 4.05. The van der Waals surface area contributed by atoms with Crippen molar-refractivity contribution in [3.05, 3.63) is 52.8 Å². The van der Waals surface area contributed by atoms with E-state index in [0.717, 1.165) is 34.6 Å². The smallest absolute Gasteiger partial charge is 0.157 e. The second kappa shape index (κ2) is 4.67. The highest BCUT2D eigenvalue weighted by atomic mass is 35.5. The van der Waals surface area contributed by atoms with Crippen molar-refractivity contribution in [3.63, 3.8) is 0 Å². The number of hydrogen-bond acceptors (Lipinski definition) is 2. The molecule has 3 aromatic rings. The van der Waals surface area contributed by atoms with Gasteiger partial charge in [-0.05, 0) is 13.3 Å². The normalized spacial score (nSPS) is 11.1. The van der Waals surface area contributed by atoms with E-state index >= 15 is 0 Å². The molecule has 19 heavy (non-hydrogen) atoms. The molecule has 0 bridgehead atoms. The molecule has 4 heteroatoms. The first-order chi connectivity index (χ1) is 9.20. The lowest BCUT2D eigenvalue weighted by atomic mass is 10.1. The summed E-state index contributed by atoms with van der Waals surface area (Å²) >= 11 is 6.41. The van der Waals surface area contributed by atoms with Gasteiger partial charge in [0.25, 0.3) is 0 Å². The average Bonchev–Trinajstić information content (AvgIpc) is 2.87. The Kier molecular flexibility index (Phi) is 2.99. The van der Waals surface area contributed by atoms with Gasteiger partial charge >= 0.3 is 0 Å². The summed E-state index contributed by atoms with van der Waals surface area (Å²) in [5.74, 6) is 0. The highest BCUT2D eigenvalue weighted by Gasteiger charge is 2.13. The Morgan fingerprint density at radius 1 is 1.21 bits per heavy atom. The van der Waals surface area contributed by atoms with Gasteiger partial charge < -0.3 is 0 Å². The molecule has 0 fully saturated rings. The summed E-state index contributed by atoms with van der Waals surface area (Å²) in [5.41, 5.74) is 4.74. The largest absolute Gasteiger partial charge is 0.228 e. The van der Waals surface area contributed by atoms with E-state index in [9.17, 15) is 0 Å². The van der Waals surface area contributed by atoms with Crippen LogP contribution in [-0.4, -0.2) is 14.6 Å². The number of fused-ring (bicyclic) bond motifs is 1. The van der Waals surface area contributed by atoms with Gasteiger partial charge in [0.05, 0.1) is 11.4 Å². The molecule has 2 heterocycles. The highest BCUT2D eigenvalue weighted by molar-refractivity contribution is 6.30. The first kappa shape index (κ1) is 12.2. The van der Waals surface area contributed by atoms with E-state index in [1.807, 2.05) is 43.3 Å². The third kappa shape index (κ3) is 2.00. The lowest BCUT2D eigenvalue weighted by Gasteiger charge is -2.08. The monoisotopic (exact) mass is 271 g/mol. The minimum atomic E-state index is 0.628. The fraction of sp³-hybridized carbons (Fsp3) is 0.200. The number of benzene rings is 1. The van der Waals surface area contributed by atoms with Crippen molar-refractivity contribution in [1.29, 1.82) is 0 Å². The quantitative estimate of drug-likeness (QED) is 0.661. The Labute approximate surface area is 116 Å². The summed E-state index contributed by atoms with van der Waals surface area (Å²) in [6, 6.07) is 12.1. The van der Waals surface area contributed by atoms with Crippen LogP contribution in [0.25, 0.3) is 16.9 Å². The van der Waals surface area contributed by atoms with Crippen LogP contribution in [0.2, 0.25) is 5.15 Å². The molecule has 0 amide bonds. The van der Waals surface area contributed by atoms with Crippen LogP contribution < -0.4 is 0 Å². The molecule has 0 saturated carbocycles. The van der Waals surface area contributed by atoms with Gasteiger partial charge in [-0.3, -0.25) is 0 Å². The summed E-state index contributed by atoms with van der Waals surface area (Å²) in [6.07, 6.45) is 0.874. The van der Waals surface area contributed by atoms with Crippen molar-refractivity contribution >= 4 is 17.2 Å².